The van der Waals surface area contributed by atoms with Crippen LogP contribution in [0.4, 0.5) is 0 Å². The summed E-state index contributed by atoms with van der Waals surface area (Å²) in [6.45, 7) is 6.89. The Morgan fingerprint density at radius 2 is 0.857 bits per heavy atom. The highest BCUT2D eigenvalue weighted by Crippen LogP contribution is 2.32. The van der Waals surface area contributed by atoms with Gasteiger partial charge < -0.3 is 0 Å². The van der Waals surface area contributed by atoms with E-state index in [9.17, 15) is 0 Å². The van der Waals surface area contributed by atoms with Crippen molar-refractivity contribution in [3.8, 4) is 0 Å². The van der Waals surface area contributed by atoms with E-state index in [1.807, 2.05) is 0 Å². The molecule has 0 aliphatic rings. The standard InChI is InChI=1S/C19H41ClSi/c1-4-7-9-11-13-15-18-21(20,17-6-3)19-16-14-12-10-8-5-2/h4-19H2,1-3H3. The summed E-state index contributed by atoms with van der Waals surface area (Å²) >= 11 is 7.06. The largest absolute Gasteiger partial charge is 0.167 e. The maximum absolute atomic E-state index is 7.06. The number of unbranched alkanes of at least 4 members (excludes halogenated alkanes) is 10. The lowest BCUT2D eigenvalue weighted by Gasteiger charge is -2.24. The van der Waals surface area contributed by atoms with E-state index in [1.54, 1.807) is 0 Å². The summed E-state index contributed by atoms with van der Waals surface area (Å²) in [6, 6.07) is 4.10. The molecule has 0 unspecified atom stereocenters. The molecular weight excluding hydrogens is 292 g/mol. The Labute approximate surface area is 141 Å². The van der Waals surface area contributed by atoms with Crippen molar-refractivity contribution in [1.29, 1.82) is 0 Å². The van der Waals surface area contributed by atoms with Gasteiger partial charge in [-0.25, -0.2) is 0 Å². The smallest absolute Gasteiger partial charge is 0.156 e. The molecule has 0 N–H and O–H groups in total. The van der Waals surface area contributed by atoms with Crippen LogP contribution in [-0.4, -0.2) is 7.38 Å². The van der Waals surface area contributed by atoms with Crippen LogP contribution >= 0.6 is 11.1 Å². The first-order chi connectivity index (χ1) is 10.2. The van der Waals surface area contributed by atoms with Crippen LogP contribution < -0.4 is 0 Å². The van der Waals surface area contributed by atoms with Crippen LogP contribution in [0.5, 0.6) is 0 Å². The molecule has 0 aliphatic heterocycles. The van der Waals surface area contributed by atoms with Gasteiger partial charge in [0.15, 0.2) is 7.38 Å². The molecule has 0 aliphatic carbocycles. The van der Waals surface area contributed by atoms with E-state index in [0.29, 0.717) is 0 Å². The van der Waals surface area contributed by atoms with Gasteiger partial charge in [0.05, 0.1) is 0 Å². The summed E-state index contributed by atoms with van der Waals surface area (Å²) in [5.74, 6) is 0. The molecule has 0 heterocycles. The molecule has 0 aromatic carbocycles. The summed E-state index contributed by atoms with van der Waals surface area (Å²) in [7, 11) is -1.41. The summed E-state index contributed by atoms with van der Waals surface area (Å²) in [6.07, 6.45) is 18.2. The van der Waals surface area contributed by atoms with Gasteiger partial charge in [0.1, 0.15) is 0 Å². The SMILES string of the molecule is CCCCCCCC[Si](Cl)(CCC)CCCCCCCC. The molecule has 0 rings (SSSR count). The van der Waals surface area contributed by atoms with Gasteiger partial charge in [-0.2, -0.15) is 11.1 Å². The van der Waals surface area contributed by atoms with Crippen molar-refractivity contribution in [2.45, 2.75) is 122 Å². The molecule has 0 nitrogen and oxygen atoms in total. The summed E-state index contributed by atoms with van der Waals surface area (Å²) < 4.78 is 0. The third-order valence-corrected chi connectivity index (χ3v) is 10.3. The van der Waals surface area contributed by atoms with Crippen LogP contribution in [-0.2, 0) is 0 Å². The average Bonchev–Trinajstić information content (AvgIpc) is 2.47. The van der Waals surface area contributed by atoms with Crippen molar-refractivity contribution in [2.24, 2.45) is 0 Å². The minimum Gasteiger partial charge on any atom is -0.167 e. The normalized spacial score (nSPS) is 12.0. The zero-order chi connectivity index (χ0) is 15.8. The first-order valence-corrected chi connectivity index (χ1v) is 13.5. The number of halogens is 1. The topological polar surface area (TPSA) is 0 Å². The first kappa shape index (κ1) is 21.5. The molecule has 0 saturated carbocycles. The lowest BCUT2D eigenvalue weighted by Crippen LogP contribution is -2.26. The second kappa shape index (κ2) is 15.4. The highest BCUT2D eigenvalue weighted by Gasteiger charge is 2.28. The van der Waals surface area contributed by atoms with Gasteiger partial charge in [-0.15, -0.1) is 0 Å². The highest BCUT2D eigenvalue weighted by atomic mass is 35.6. The van der Waals surface area contributed by atoms with E-state index < -0.39 is 7.38 Å². The molecule has 0 radical (unpaired) electrons. The molecule has 0 aromatic rings. The molecule has 0 bridgehead atoms. The monoisotopic (exact) mass is 332 g/mol. The van der Waals surface area contributed by atoms with Crippen molar-refractivity contribution in [3.63, 3.8) is 0 Å². The average molecular weight is 333 g/mol. The van der Waals surface area contributed by atoms with Crippen molar-refractivity contribution < 1.29 is 0 Å². The van der Waals surface area contributed by atoms with Crippen molar-refractivity contribution in [3.05, 3.63) is 0 Å². The molecule has 128 valence electrons. The van der Waals surface area contributed by atoms with E-state index >= 15 is 0 Å². The Kier molecular flexibility index (Phi) is 15.8. The Bertz CT molecular complexity index is 190. The summed E-state index contributed by atoms with van der Waals surface area (Å²) in [5.41, 5.74) is 0. The Morgan fingerprint density at radius 1 is 0.476 bits per heavy atom. The molecular formula is C19H41ClSi. The van der Waals surface area contributed by atoms with Gasteiger partial charge in [0.25, 0.3) is 0 Å². The zero-order valence-corrected chi connectivity index (χ0v) is 16.9. The van der Waals surface area contributed by atoms with Crippen molar-refractivity contribution >= 4 is 18.5 Å². The molecule has 0 aromatic heterocycles. The maximum atomic E-state index is 7.06. The predicted molar refractivity (Wildman–Crippen MR) is 103 cm³/mol. The van der Waals surface area contributed by atoms with Crippen LogP contribution in [0.15, 0.2) is 0 Å². The Morgan fingerprint density at radius 3 is 1.24 bits per heavy atom. The Balaban J connectivity index is 3.73. The molecule has 0 fully saturated rings. The van der Waals surface area contributed by atoms with Crippen LogP contribution in [0.2, 0.25) is 18.1 Å². The fourth-order valence-corrected chi connectivity index (χ4v) is 8.05. The van der Waals surface area contributed by atoms with Crippen LogP contribution in [0.1, 0.15) is 104 Å². The van der Waals surface area contributed by atoms with Crippen LogP contribution in [0.25, 0.3) is 0 Å². The van der Waals surface area contributed by atoms with E-state index in [2.05, 4.69) is 20.8 Å². The van der Waals surface area contributed by atoms with Crippen LogP contribution in [0, 0.1) is 0 Å². The minimum absolute atomic E-state index is 1.29. The van der Waals surface area contributed by atoms with Gasteiger partial charge in [-0.3, -0.25) is 0 Å². The lowest BCUT2D eigenvalue weighted by molar-refractivity contribution is 0.615. The fraction of sp³-hybridized carbons (Fsp3) is 1.00. The van der Waals surface area contributed by atoms with Gasteiger partial charge >= 0.3 is 0 Å². The molecule has 2 heteroatoms. The summed E-state index contributed by atoms with van der Waals surface area (Å²) in [5, 5.41) is 0. The van der Waals surface area contributed by atoms with Crippen molar-refractivity contribution in [2.75, 3.05) is 0 Å². The number of hydrogen-bond acceptors (Lipinski definition) is 0. The van der Waals surface area contributed by atoms with Gasteiger partial charge in [0.2, 0.25) is 0 Å². The van der Waals surface area contributed by atoms with E-state index in [4.69, 9.17) is 11.1 Å². The fourth-order valence-electron chi connectivity index (χ4n) is 3.27. The molecule has 0 saturated heterocycles. The predicted octanol–water partition coefficient (Wildman–Crippen LogP) is 8.30. The molecule has 21 heavy (non-hydrogen) atoms. The van der Waals surface area contributed by atoms with Crippen LogP contribution in [0.3, 0.4) is 0 Å². The summed E-state index contributed by atoms with van der Waals surface area (Å²) in [4.78, 5) is 0. The second-order valence-corrected chi connectivity index (χ2v) is 13.1. The molecule has 0 amide bonds. The van der Waals surface area contributed by atoms with E-state index in [1.165, 1.54) is 102 Å². The third kappa shape index (κ3) is 13.9. The second-order valence-electron chi connectivity index (χ2n) is 6.94. The lowest BCUT2D eigenvalue weighted by atomic mass is 10.1. The van der Waals surface area contributed by atoms with E-state index in [0.717, 1.165) is 0 Å². The quantitative estimate of drug-likeness (QED) is 0.151. The highest BCUT2D eigenvalue weighted by molar-refractivity contribution is 7.20. The van der Waals surface area contributed by atoms with E-state index in [-0.39, 0.29) is 0 Å². The van der Waals surface area contributed by atoms with Gasteiger partial charge in [0, 0.05) is 0 Å². The number of hydrogen-bond donors (Lipinski definition) is 0. The Hall–Kier alpha value is 0.507. The first-order valence-electron chi connectivity index (χ1n) is 9.87. The third-order valence-electron chi connectivity index (χ3n) is 4.65. The van der Waals surface area contributed by atoms with Gasteiger partial charge in [-0.05, 0) is 18.1 Å². The minimum atomic E-state index is -1.41. The van der Waals surface area contributed by atoms with Gasteiger partial charge in [-0.1, -0.05) is 104 Å². The molecule has 0 atom stereocenters. The zero-order valence-electron chi connectivity index (χ0n) is 15.2. The molecule has 0 spiro atoms. The maximum Gasteiger partial charge on any atom is 0.156 e. The van der Waals surface area contributed by atoms with Crippen molar-refractivity contribution in [1.82, 2.24) is 0 Å². The number of rotatable bonds is 16.